The molecular formula is C19H25Cl3SiTi. The first-order valence-corrected chi connectivity index (χ1v) is 11.7. The zero-order valence-electron chi connectivity index (χ0n) is 14.4. The Labute approximate surface area is 178 Å². The summed E-state index contributed by atoms with van der Waals surface area (Å²) in [6, 6.07) is 11.5. The van der Waals surface area contributed by atoms with Gasteiger partial charge < -0.3 is 37.2 Å². The molecule has 1 saturated carbocycles. The number of halogens is 3. The minimum Gasteiger partial charge on any atom is -1.00 e. The van der Waals surface area contributed by atoms with Crippen LogP contribution in [0.15, 0.2) is 51.1 Å². The molecule has 1 fully saturated rings. The van der Waals surface area contributed by atoms with Gasteiger partial charge in [0.05, 0.1) is 0 Å². The largest absolute Gasteiger partial charge is 1.00 e. The second kappa shape index (κ2) is 10.6. The molecule has 0 nitrogen and oxygen atoms in total. The maximum absolute atomic E-state index is 2.65. The van der Waals surface area contributed by atoms with Crippen molar-refractivity contribution < 1.29 is 57.7 Å². The van der Waals surface area contributed by atoms with Crippen molar-refractivity contribution >= 4 is 13.3 Å². The van der Waals surface area contributed by atoms with Gasteiger partial charge in [-0.05, 0) is 0 Å². The molecule has 0 N–H and O–H groups in total. The smallest absolute Gasteiger partial charge is 1.00 e. The van der Waals surface area contributed by atoms with Crippen LogP contribution in [0, 0.1) is 0 Å². The minimum atomic E-state index is -1.61. The van der Waals surface area contributed by atoms with Gasteiger partial charge in [0.2, 0.25) is 0 Å². The number of benzene rings is 1. The van der Waals surface area contributed by atoms with Gasteiger partial charge in [0.25, 0.3) is 0 Å². The molecule has 0 spiro atoms. The summed E-state index contributed by atoms with van der Waals surface area (Å²) in [6.45, 7) is 5.00. The third kappa shape index (κ3) is 4.61. The minimum absolute atomic E-state index is 0. The molecule has 2 aliphatic carbocycles. The van der Waals surface area contributed by atoms with E-state index in [0.29, 0.717) is 0 Å². The van der Waals surface area contributed by atoms with Gasteiger partial charge in [0.15, 0.2) is 0 Å². The quantitative estimate of drug-likeness (QED) is 0.425. The Morgan fingerprint density at radius 3 is 2.04 bits per heavy atom. The Bertz CT molecular complexity index is 580. The van der Waals surface area contributed by atoms with Crippen molar-refractivity contribution in [2.45, 2.75) is 57.5 Å². The summed E-state index contributed by atoms with van der Waals surface area (Å²) < 4.78 is 1.65. The summed E-state index contributed by atoms with van der Waals surface area (Å²) in [5, 5.41) is 3.43. The molecule has 24 heavy (non-hydrogen) atoms. The van der Waals surface area contributed by atoms with E-state index in [2.05, 4.69) is 70.3 Å². The first-order valence-electron chi connectivity index (χ1n) is 8.32. The summed E-state index contributed by atoms with van der Waals surface area (Å²) in [5.41, 5.74) is 2.51. The van der Waals surface area contributed by atoms with Crippen LogP contribution >= 0.6 is 0 Å². The summed E-state index contributed by atoms with van der Waals surface area (Å²) in [7, 11) is -1.61. The van der Waals surface area contributed by atoms with E-state index in [9.17, 15) is 0 Å². The molecule has 1 aromatic carbocycles. The van der Waals surface area contributed by atoms with E-state index in [-0.39, 0.29) is 37.2 Å². The first kappa shape index (κ1) is 24.5. The van der Waals surface area contributed by atoms with Crippen molar-refractivity contribution in [2.75, 3.05) is 0 Å². The van der Waals surface area contributed by atoms with Gasteiger partial charge >= 0.3 is 142 Å². The molecule has 0 amide bonds. The number of allylic oxidation sites excluding steroid dienone is 4. The standard InChI is InChI=1S/C19H25Si.3ClH.Ti/c1-16-10-9-15-19(16)20(2,17-11-5-3-6-12-17)18-13-7-4-8-14-18;;;;/h3,5-6,10-12,18H,4,7-9,13-14H2,1-2H3;3*1H;/q;;;;+3/p-3. The molecule has 3 rings (SSSR count). The fourth-order valence-corrected chi connectivity index (χ4v) is 11.4. The fourth-order valence-electron chi connectivity index (χ4n) is 4.47. The molecule has 1 unspecified atom stereocenters. The van der Waals surface area contributed by atoms with Crippen LogP contribution in [0.1, 0.15) is 45.4 Å². The number of rotatable bonds is 3. The van der Waals surface area contributed by atoms with Crippen molar-refractivity contribution in [1.82, 2.24) is 0 Å². The van der Waals surface area contributed by atoms with Gasteiger partial charge in [-0.3, -0.25) is 0 Å². The molecule has 130 valence electrons. The van der Waals surface area contributed by atoms with Crippen LogP contribution in [0.2, 0.25) is 12.1 Å². The predicted octanol–water partition coefficient (Wildman–Crippen LogP) is -3.99. The van der Waals surface area contributed by atoms with Crippen LogP contribution in [-0.4, -0.2) is 8.07 Å². The van der Waals surface area contributed by atoms with Crippen molar-refractivity contribution in [3.05, 3.63) is 51.1 Å². The molecule has 1 atom stereocenters. The number of hydrogen-bond donors (Lipinski definition) is 0. The summed E-state index contributed by atoms with van der Waals surface area (Å²) in [5.74, 6) is 0. The van der Waals surface area contributed by atoms with Crippen molar-refractivity contribution in [2.24, 2.45) is 0 Å². The Morgan fingerprint density at radius 1 is 0.958 bits per heavy atom. The first-order chi connectivity index (χ1) is 10.1. The Hall–Kier alpha value is 0.501. The van der Waals surface area contributed by atoms with Gasteiger partial charge in [0.1, 0.15) is 0 Å². The molecule has 1 aromatic rings. The van der Waals surface area contributed by atoms with Gasteiger partial charge in [-0.2, -0.15) is 0 Å². The van der Waals surface area contributed by atoms with Gasteiger partial charge in [0, 0.05) is 0 Å². The van der Waals surface area contributed by atoms with E-state index in [1.54, 1.807) is 19.8 Å². The van der Waals surface area contributed by atoms with Crippen molar-refractivity contribution in [3.8, 4) is 0 Å². The topological polar surface area (TPSA) is 0 Å². The Balaban J connectivity index is 0.00000176. The van der Waals surface area contributed by atoms with Gasteiger partial charge in [-0.25, -0.2) is 0 Å². The zero-order valence-corrected chi connectivity index (χ0v) is 19.2. The molecular weight excluding hydrogens is 411 g/mol. The van der Waals surface area contributed by atoms with Crippen molar-refractivity contribution in [3.63, 3.8) is 0 Å². The molecule has 0 heterocycles. The monoisotopic (exact) mass is 434 g/mol. The SMILES string of the molecule is CC1=CC[C]([Ti+3])=C1[Si](C)(c1ccccc1)C1CCCCC1.[Cl-].[Cl-].[Cl-]. The Morgan fingerprint density at radius 2 is 1.54 bits per heavy atom. The number of hydrogen-bond acceptors (Lipinski definition) is 0. The molecule has 0 saturated heterocycles. The molecule has 0 aromatic heterocycles. The summed E-state index contributed by atoms with van der Waals surface area (Å²) >= 11 is 2.37. The van der Waals surface area contributed by atoms with Crippen LogP contribution in [-0.2, 0) is 20.4 Å². The molecule has 2 aliphatic rings. The van der Waals surface area contributed by atoms with E-state index >= 15 is 0 Å². The maximum atomic E-state index is 2.65. The van der Waals surface area contributed by atoms with E-state index in [1.165, 1.54) is 38.5 Å². The van der Waals surface area contributed by atoms with E-state index < -0.39 is 8.07 Å². The maximum Gasteiger partial charge on any atom is -1.00 e. The second-order valence-electron chi connectivity index (χ2n) is 6.85. The van der Waals surface area contributed by atoms with Gasteiger partial charge in [-0.1, -0.05) is 0 Å². The van der Waals surface area contributed by atoms with E-state index in [0.717, 1.165) is 5.54 Å². The average Bonchev–Trinajstić information content (AvgIpc) is 2.88. The summed E-state index contributed by atoms with van der Waals surface area (Å²) in [4.78, 5) is 0. The van der Waals surface area contributed by atoms with E-state index in [1.807, 2.05) is 0 Å². The molecule has 0 aliphatic heterocycles. The summed E-state index contributed by atoms with van der Waals surface area (Å²) in [6.07, 6.45) is 10.9. The Kier molecular flexibility index (Phi) is 10.8. The van der Waals surface area contributed by atoms with Crippen molar-refractivity contribution in [1.29, 1.82) is 0 Å². The zero-order chi connectivity index (χ0) is 14.9. The molecule has 0 radical (unpaired) electrons. The van der Waals surface area contributed by atoms with Crippen LogP contribution in [0.5, 0.6) is 0 Å². The van der Waals surface area contributed by atoms with Crippen LogP contribution in [0.4, 0.5) is 0 Å². The normalized spacial score (nSPS) is 20.2. The fraction of sp³-hybridized carbons (Fsp3) is 0.474. The van der Waals surface area contributed by atoms with Crippen LogP contribution in [0.3, 0.4) is 0 Å². The third-order valence-corrected chi connectivity index (χ3v) is 12.2. The average molecular weight is 436 g/mol. The predicted molar refractivity (Wildman–Crippen MR) is 89.9 cm³/mol. The second-order valence-corrected chi connectivity index (χ2v) is 12.1. The molecule has 0 bridgehead atoms. The van der Waals surface area contributed by atoms with Crippen LogP contribution in [0.25, 0.3) is 0 Å². The van der Waals surface area contributed by atoms with E-state index in [4.69, 9.17) is 0 Å². The van der Waals surface area contributed by atoms with Crippen LogP contribution < -0.4 is 42.4 Å². The third-order valence-electron chi connectivity index (χ3n) is 5.62. The molecule has 5 heteroatoms. The van der Waals surface area contributed by atoms with Gasteiger partial charge in [-0.15, -0.1) is 0 Å².